The van der Waals surface area contributed by atoms with Crippen LogP contribution in [0.2, 0.25) is 0 Å². The molecule has 6 aromatic rings. The van der Waals surface area contributed by atoms with Crippen molar-refractivity contribution in [3.63, 3.8) is 0 Å². The van der Waals surface area contributed by atoms with Crippen LogP contribution >= 0.6 is 11.3 Å². The first-order valence-electron chi connectivity index (χ1n) is 15.0. The third-order valence-electron chi connectivity index (χ3n) is 7.83. The van der Waals surface area contributed by atoms with Gasteiger partial charge in [-0.2, -0.15) is 0 Å². The predicted octanol–water partition coefficient (Wildman–Crippen LogP) is 9.49. The topological polar surface area (TPSA) is 94.3 Å². The second-order valence-electron chi connectivity index (χ2n) is 11.2. The van der Waals surface area contributed by atoms with Gasteiger partial charge < -0.3 is 15.8 Å². The Balaban J connectivity index is 1.24. The maximum absolute atomic E-state index is 13.5. The van der Waals surface area contributed by atoms with Crippen molar-refractivity contribution in [3.8, 4) is 28.1 Å². The first-order chi connectivity index (χ1) is 22.3. The number of nitrogens with zero attached hydrogens (tertiary/aromatic N) is 1. The van der Waals surface area contributed by atoms with E-state index in [0.717, 1.165) is 39.1 Å². The molecule has 0 fully saturated rings. The summed E-state index contributed by atoms with van der Waals surface area (Å²) in [4.78, 5) is 32.3. The van der Waals surface area contributed by atoms with E-state index in [0.29, 0.717) is 32.6 Å². The van der Waals surface area contributed by atoms with Gasteiger partial charge in [0.2, 0.25) is 0 Å². The molecule has 4 aromatic carbocycles. The van der Waals surface area contributed by atoms with E-state index in [1.165, 1.54) is 16.9 Å². The van der Waals surface area contributed by atoms with Crippen LogP contribution in [0, 0.1) is 0 Å². The van der Waals surface area contributed by atoms with Gasteiger partial charge in [0, 0.05) is 22.2 Å². The lowest BCUT2D eigenvalue weighted by molar-refractivity contribution is 0.102. The molecule has 0 bridgehead atoms. The number of pyridine rings is 1. The highest BCUT2D eigenvalue weighted by molar-refractivity contribution is 7.21. The number of anilines is 2. The number of carbonyl (C=O) groups excluding carboxylic acids is 2. The molecular formula is C39H33N3O3S. The Kier molecular flexibility index (Phi) is 8.76. The molecule has 0 saturated heterocycles. The standard InChI is InChI=1S/C39H33N3O3S/c1-24(2)26-12-9-25(10-13-26)11-22-34(43)29-14-18-30(19-15-29)41-38(44)37-36(40)35-32(27-7-5-4-6-8-27)23-33(42-39(35)46-37)28-16-20-31(45-3)21-17-28/h4-24H,40H2,1-3H3,(H,41,44). The van der Waals surface area contributed by atoms with E-state index >= 15 is 0 Å². The number of methoxy groups -OCH3 is 1. The van der Waals surface area contributed by atoms with Crippen LogP contribution < -0.4 is 15.8 Å². The summed E-state index contributed by atoms with van der Waals surface area (Å²) in [5.41, 5.74) is 13.9. The first kappa shape index (κ1) is 30.5. The van der Waals surface area contributed by atoms with Crippen molar-refractivity contribution in [2.24, 2.45) is 0 Å². The number of hydrogen-bond acceptors (Lipinski definition) is 6. The third kappa shape index (κ3) is 6.46. The average Bonchev–Trinajstić information content (AvgIpc) is 3.43. The molecule has 6 nitrogen and oxygen atoms in total. The van der Waals surface area contributed by atoms with Gasteiger partial charge in [-0.3, -0.25) is 9.59 Å². The molecule has 2 heterocycles. The zero-order valence-electron chi connectivity index (χ0n) is 25.8. The summed E-state index contributed by atoms with van der Waals surface area (Å²) >= 11 is 1.26. The number of nitrogens with one attached hydrogen (secondary N) is 1. The van der Waals surface area contributed by atoms with Crippen LogP contribution in [0.1, 0.15) is 50.9 Å². The summed E-state index contributed by atoms with van der Waals surface area (Å²) in [5, 5.41) is 3.68. The zero-order chi connectivity index (χ0) is 32.2. The smallest absolute Gasteiger partial charge is 0.267 e. The number of ether oxygens (including phenoxy) is 1. The largest absolute Gasteiger partial charge is 0.497 e. The van der Waals surface area contributed by atoms with Crippen molar-refractivity contribution < 1.29 is 14.3 Å². The molecule has 0 aliphatic carbocycles. The number of hydrogen-bond donors (Lipinski definition) is 2. The van der Waals surface area contributed by atoms with Crippen molar-refractivity contribution in [1.82, 2.24) is 4.98 Å². The van der Waals surface area contributed by atoms with Crippen LogP contribution in [-0.4, -0.2) is 23.8 Å². The van der Waals surface area contributed by atoms with Crippen molar-refractivity contribution in [2.45, 2.75) is 19.8 Å². The highest BCUT2D eigenvalue weighted by Gasteiger charge is 2.22. The van der Waals surface area contributed by atoms with Crippen molar-refractivity contribution in [3.05, 3.63) is 137 Å². The van der Waals surface area contributed by atoms with E-state index in [1.807, 2.05) is 78.9 Å². The number of allylic oxidation sites excluding steroid dienone is 1. The van der Waals surface area contributed by atoms with Gasteiger partial charge in [0.1, 0.15) is 15.5 Å². The molecule has 2 aromatic heterocycles. The lowest BCUT2D eigenvalue weighted by Gasteiger charge is -2.09. The summed E-state index contributed by atoms with van der Waals surface area (Å²) in [6.07, 6.45) is 3.37. The van der Waals surface area contributed by atoms with E-state index in [1.54, 1.807) is 37.5 Å². The molecule has 0 spiro atoms. The Hall–Kier alpha value is -5.53. The first-order valence-corrected chi connectivity index (χ1v) is 15.8. The molecule has 0 unspecified atom stereocenters. The van der Waals surface area contributed by atoms with Crippen LogP contribution in [0.5, 0.6) is 5.75 Å². The molecule has 3 N–H and O–H groups in total. The second-order valence-corrected chi connectivity index (χ2v) is 12.2. The minimum absolute atomic E-state index is 0.119. The fraction of sp³-hybridized carbons (Fsp3) is 0.103. The maximum Gasteiger partial charge on any atom is 0.267 e. The molecule has 0 aliphatic rings. The maximum atomic E-state index is 13.5. The number of nitrogens with two attached hydrogens (primary N) is 1. The summed E-state index contributed by atoms with van der Waals surface area (Å²) < 4.78 is 5.32. The van der Waals surface area contributed by atoms with Gasteiger partial charge in [-0.1, -0.05) is 74.5 Å². The average molecular weight is 624 g/mol. The molecular weight excluding hydrogens is 591 g/mol. The van der Waals surface area contributed by atoms with E-state index in [-0.39, 0.29) is 11.7 Å². The Bertz CT molecular complexity index is 2050. The second kappa shape index (κ2) is 13.2. The van der Waals surface area contributed by atoms with Crippen molar-refractivity contribution in [1.29, 1.82) is 0 Å². The highest BCUT2D eigenvalue weighted by Crippen LogP contribution is 2.41. The molecule has 228 valence electrons. The fourth-order valence-corrected chi connectivity index (χ4v) is 6.23. The van der Waals surface area contributed by atoms with Crippen LogP contribution in [0.4, 0.5) is 11.4 Å². The van der Waals surface area contributed by atoms with Crippen molar-refractivity contribution >= 4 is 50.7 Å². The van der Waals surface area contributed by atoms with Gasteiger partial charge in [-0.05, 0) is 88.8 Å². The number of ketones is 1. The predicted molar refractivity (Wildman–Crippen MR) is 190 cm³/mol. The van der Waals surface area contributed by atoms with Crippen molar-refractivity contribution in [2.75, 3.05) is 18.2 Å². The quantitative estimate of drug-likeness (QED) is 0.124. The van der Waals surface area contributed by atoms with Crippen LogP contribution in [-0.2, 0) is 0 Å². The Morgan fingerprint density at radius 3 is 2.22 bits per heavy atom. The van der Waals surface area contributed by atoms with Gasteiger partial charge in [0.05, 0.1) is 18.5 Å². The number of aromatic nitrogens is 1. The van der Waals surface area contributed by atoms with Crippen LogP contribution in [0.3, 0.4) is 0 Å². The minimum atomic E-state index is -0.339. The SMILES string of the molecule is COc1ccc(-c2cc(-c3ccccc3)c3c(N)c(C(=O)Nc4ccc(C(=O)C=Cc5ccc(C(C)C)cc5)cc4)sc3n2)cc1. The van der Waals surface area contributed by atoms with E-state index in [9.17, 15) is 9.59 Å². The number of amides is 1. The third-order valence-corrected chi connectivity index (χ3v) is 8.93. The van der Waals surface area contributed by atoms with Gasteiger partial charge in [0.25, 0.3) is 5.91 Å². The summed E-state index contributed by atoms with van der Waals surface area (Å²) in [7, 11) is 1.63. The lowest BCUT2D eigenvalue weighted by Crippen LogP contribution is -2.12. The van der Waals surface area contributed by atoms with Gasteiger partial charge in [0.15, 0.2) is 5.78 Å². The molecule has 1 amide bonds. The van der Waals surface area contributed by atoms with E-state index in [4.69, 9.17) is 15.5 Å². The number of benzene rings is 4. The monoisotopic (exact) mass is 623 g/mol. The number of nitrogen functional groups attached to an aromatic ring is 1. The Morgan fingerprint density at radius 2 is 1.57 bits per heavy atom. The lowest BCUT2D eigenvalue weighted by atomic mass is 9.99. The number of thiophene rings is 1. The Labute approximate surface area is 272 Å². The molecule has 0 saturated carbocycles. The molecule has 0 atom stereocenters. The van der Waals surface area contributed by atoms with Gasteiger partial charge >= 0.3 is 0 Å². The fourth-order valence-electron chi connectivity index (χ4n) is 5.21. The minimum Gasteiger partial charge on any atom is -0.497 e. The van der Waals surface area contributed by atoms with Crippen LogP contribution in [0.25, 0.3) is 38.7 Å². The summed E-state index contributed by atoms with van der Waals surface area (Å²) in [6, 6.07) is 34.7. The number of carbonyl (C=O) groups is 2. The molecule has 7 heteroatoms. The summed E-state index contributed by atoms with van der Waals surface area (Å²) in [6.45, 7) is 4.30. The molecule has 6 rings (SSSR count). The van der Waals surface area contributed by atoms with E-state index < -0.39 is 0 Å². The van der Waals surface area contributed by atoms with Gasteiger partial charge in [-0.15, -0.1) is 11.3 Å². The highest BCUT2D eigenvalue weighted by atomic mass is 32.1. The number of fused-ring (bicyclic) bond motifs is 1. The van der Waals surface area contributed by atoms with Crippen LogP contribution in [0.15, 0.2) is 115 Å². The number of rotatable bonds is 9. The summed E-state index contributed by atoms with van der Waals surface area (Å²) in [5.74, 6) is 0.755. The zero-order valence-corrected chi connectivity index (χ0v) is 26.6. The molecule has 46 heavy (non-hydrogen) atoms. The molecule has 0 aliphatic heterocycles. The van der Waals surface area contributed by atoms with E-state index in [2.05, 4.69) is 31.3 Å². The molecule has 0 radical (unpaired) electrons. The Morgan fingerprint density at radius 1 is 0.870 bits per heavy atom. The van der Waals surface area contributed by atoms with Gasteiger partial charge in [-0.25, -0.2) is 4.98 Å². The normalized spacial score (nSPS) is 11.3.